The van der Waals surface area contributed by atoms with E-state index in [0.29, 0.717) is 0 Å². The molecule has 2 heteroatoms. The van der Waals surface area contributed by atoms with Crippen LogP contribution in [0.1, 0.15) is 25.0 Å². The third kappa shape index (κ3) is 1.72. The molecule has 1 nitrogen and oxygen atoms in total. The first-order valence-electron chi connectivity index (χ1n) is 6.00. The largest absolute Gasteiger partial charge is 0.355 e. The molecule has 0 aliphatic carbocycles. The van der Waals surface area contributed by atoms with E-state index in [1.807, 2.05) is 18.2 Å². The lowest BCUT2D eigenvalue weighted by Gasteiger charge is -2.10. The average Bonchev–Trinajstić information content (AvgIpc) is 2.48. The van der Waals surface area contributed by atoms with Gasteiger partial charge in [-0.3, -0.25) is 0 Å². The Bertz CT molecular complexity index is 656. The maximum atomic E-state index is 6.10. The molecule has 0 saturated carbocycles. The van der Waals surface area contributed by atoms with Crippen LogP contribution in [-0.2, 0) is 0 Å². The summed E-state index contributed by atoms with van der Waals surface area (Å²) in [6.07, 6.45) is 0. The molecule has 3 rings (SSSR count). The van der Waals surface area contributed by atoms with Crippen molar-refractivity contribution >= 4 is 34.1 Å². The van der Waals surface area contributed by atoms with Crippen LogP contribution in [0.5, 0.6) is 0 Å². The van der Waals surface area contributed by atoms with Gasteiger partial charge in [-0.25, -0.2) is 0 Å². The fraction of sp³-hybridized carbons (Fsp3) is 0.125. The molecule has 2 aromatic rings. The normalized spacial score (nSPS) is 13.5. The molecule has 1 N–H and O–H groups in total. The van der Waals surface area contributed by atoms with Crippen molar-refractivity contribution in [1.29, 1.82) is 0 Å². The van der Waals surface area contributed by atoms with E-state index in [0.717, 1.165) is 16.4 Å². The van der Waals surface area contributed by atoms with Gasteiger partial charge < -0.3 is 5.32 Å². The predicted molar refractivity (Wildman–Crippen MR) is 79.3 cm³/mol. The van der Waals surface area contributed by atoms with Gasteiger partial charge in [0.2, 0.25) is 0 Å². The summed E-state index contributed by atoms with van der Waals surface area (Å²) in [5.74, 6) is 0. The molecule has 0 saturated heterocycles. The van der Waals surface area contributed by atoms with Gasteiger partial charge in [0.1, 0.15) is 0 Å². The molecule has 18 heavy (non-hydrogen) atoms. The minimum absolute atomic E-state index is 0.772. The number of fused-ring (bicyclic) bond motifs is 2. The number of halogens is 1. The molecular weight excluding hydrogens is 242 g/mol. The summed E-state index contributed by atoms with van der Waals surface area (Å²) >= 11 is 6.10. The van der Waals surface area contributed by atoms with Gasteiger partial charge in [0, 0.05) is 27.5 Å². The fourth-order valence-corrected chi connectivity index (χ4v) is 2.58. The first-order chi connectivity index (χ1) is 8.66. The number of hydrogen-bond acceptors (Lipinski definition) is 1. The van der Waals surface area contributed by atoms with E-state index in [-0.39, 0.29) is 0 Å². The van der Waals surface area contributed by atoms with Gasteiger partial charge in [-0.05, 0) is 49.3 Å². The Morgan fingerprint density at radius 1 is 0.833 bits per heavy atom. The highest BCUT2D eigenvalue weighted by atomic mass is 35.5. The molecule has 90 valence electrons. The topological polar surface area (TPSA) is 12.0 Å². The number of para-hydroxylation sites is 1. The maximum absolute atomic E-state index is 6.10. The van der Waals surface area contributed by atoms with Crippen LogP contribution in [0.3, 0.4) is 0 Å². The molecule has 0 amide bonds. The summed E-state index contributed by atoms with van der Waals surface area (Å²) in [4.78, 5) is 0. The molecule has 0 unspecified atom stereocenters. The van der Waals surface area contributed by atoms with Gasteiger partial charge in [-0.15, -0.1) is 0 Å². The Morgan fingerprint density at radius 3 is 2.33 bits per heavy atom. The highest BCUT2D eigenvalue weighted by molar-refractivity contribution is 6.31. The maximum Gasteiger partial charge on any atom is 0.0461 e. The molecule has 1 aliphatic rings. The summed E-state index contributed by atoms with van der Waals surface area (Å²) in [5, 5.41) is 4.26. The zero-order valence-corrected chi connectivity index (χ0v) is 11.2. The summed E-state index contributed by atoms with van der Waals surface area (Å²) in [5.41, 5.74) is 7.25. The summed E-state index contributed by atoms with van der Waals surface area (Å²) in [6.45, 7) is 4.31. The number of rotatable bonds is 0. The van der Waals surface area contributed by atoms with Gasteiger partial charge >= 0.3 is 0 Å². The molecule has 0 fully saturated rings. The summed E-state index contributed by atoms with van der Waals surface area (Å²) < 4.78 is 0. The fourth-order valence-electron chi connectivity index (χ4n) is 2.40. The van der Waals surface area contributed by atoms with Gasteiger partial charge in [0.05, 0.1) is 0 Å². The quantitative estimate of drug-likeness (QED) is 0.669. The van der Waals surface area contributed by atoms with E-state index in [1.165, 1.54) is 22.3 Å². The lowest BCUT2D eigenvalue weighted by Crippen LogP contribution is -1.93. The van der Waals surface area contributed by atoms with Crippen molar-refractivity contribution in [2.45, 2.75) is 13.8 Å². The third-order valence-corrected chi connectivity index (χ3v) is 3.78. The minimum Gasteiger partial charge on any atom is -0.355 e. The smallest absolute Gasteiger partial charge is 0.0461 e. The molecule has 1 heterocycles. The van der Waals surface area contributed by atoms with Crippen molar-refractivity contribution < 1.29 is 0 Å². The SMILES string of the molecule is CC1=C(C)c2cc(Cl)ccc2Nc2ccccc21. The molecule has 0 radical (unpaired) electrons. The first kappa shape index (κ1) is 11.4. The van der Waals surface area contributed by atoms with Crippen molar-refractivity contribution in [3.8, 4) is 0 Å². The molecule has 2 aromatic carbocycles. The number of benzene rings is 2. The highest BCUT2D eigenvalue weighted by Gasteiger charge is 2.16. The average molecular weight is 256 g/mol. The van der Waals surface area contributed by atoms with Crippen LogP contribution in [0.4, 0.5) is 11.4 Å². The molecule has 0 atom stereocenters. The van der Waals surface area contributed by atoms with E-state index in [9.17, 15) is 0 Å². The third-order valence-electron chi connectivity index (χ3n) is 3.55. The van der Waals surface area contributed by atoms with E-state index in [2.05, 4.69) is 43.4 Å². The van der Waals surface area contributed by atoms with E-state index in [4.69, 9.17) is 11.6 Å². The van der Waals surface area contributed by atoms with Crippen LogP contribution >= 0.6 is 11.6 Å². The Labute approximate surface area is 112 Å². The second-order valence-corrected chi connectivity index (χ2v) is 5.05. The predicted octanol–water partition coefficient (Wildman–Crippen LogP) is 5.35. The number of hydrogen-bond donors (Lipinski definition) is 1. The lowest BCUT2D eigenvalue weighted by molar-refractivity contribution is 1.51. The summed E-state index contributed by atoms with van der Waals surface area (Å²) in [6, 6.07) is 14.4. The van der Waals surface area contributed by atoms with Crippen molar-refractivity contribution in [1.82, 2.24) is 0 Å². The van der Waals surface area contributed by atoms with Crippen LogP contribution in [0.25, 0.3) is 11.1 Å². The lowest BCUT2D eigenvalue weighted by atomic mass is 9.97. The van der Waals surface area contributed by atoms with Gasteiger partial charge in [-0.1, -0.05) is 29.8 Å². The van der Waals surface area contributed by atoms with Gasteiger partial charge in [-0.2, -0.15) is 0 Å². The van der Waals surface area contributed by atoms with E-state index < -0.39 is 0 Å². The molecule has 1 aliphatic heterocycles. The van der Waals surface area contributed by atoms with Crippen LogP contribution in [0, 0.1) is 0 Å². The Balaban J connectivity index is 2.32. The van der Waals surface area contributed by atoms with Crippen LogP contribution in [0.2, 0.25) is 5.02 Å². The van der Waals surface area contributed by atoms with Crippen LogP contribution in [-0.4, -0.2) is 0 Å². The van der Waals surface area contributed by atoms with Crippen LogP contribution in [0.15, 0.2) is 42.5 Å². The van der Waals surface area contributed by atoms with Gasteiger partial charge in [0.25, 0.3) is 0 Å². The Hall–Kier alpha value is -1.73. The van der Waals surface area contributed by atoms with Crippen molar-refractivity contribution in [2.24, 2.45) is 0 Å². The molecule has 0 spiro atoms. The highest BCUT2D eigenvalue weighted by Crippen LogP contribution is 2.39. The minimum atomic E-state index is 0.772. The van der Waals surface area contributed by atoms with Crippen molar-refractivity contribution in [2.75, 3.05) is 5.32 Å². The number of anilines is 2. The van der Waals surface area contributed by atoms with Crippen molar-refractivity contribution in [3.63, 3.8) is 0 Å². The molecule has 0 aromatic heterocycles. The summed E-state index contributed by atoms with van der Waals surface area (Å²) in [7, 11) is 0. The van der Waals surface area contributed by atoms with E-state index in [1.54, 1.807) is 0 Å². The standard InChI is InChI=1S/C16H14ClN/c1-10-11(2)14-9-12(17)7-8-16(14)18-15-6-4-3-5-13(10)15/h3-9,18H,1-2H3. The monoisotopic (exact) mass is 255 g/mol. The Morgan fingerprint density at radius 2 is 1.50 bits per heavy atom. The van der Waals surface area contributed by atoms with Crippen molar-refractivity contribution in [3.05, 3.63) is 58.6 Å². The van der Waals surface area contributed by atoms with Gasteiger partial charge in [0.15, 0.2) is 0 Å². The van der Waals surface area contributed by atoms with Crippen LogP contribution < -0.4 is 5.32 Å². The van der Waals surface area contributed by atoms with E-state index >= 15 is 0 Å². The number of nitrogens with one attached hydrogen (secondary N) is 1. The zero-order chi connectivity index (χ0) is 12.7. The Kier molecular flexibility index (Phi) is 2.64. The zero-order valence-electron chi connectivity index (χ0n) is 10.4. The second kappa shape index (κ2) is 4.18. The molecular formula is C16H14ClN. The number of allylic oxidation sites excluding steroid dienone is 2. The first-order valence-corrected chi connectivity index (χ1v) is 6.38. The second-order valence-electron chi connectivity index (χ2n) is 4.61. The molecule has 0 bridgehead atoms.